The molecule has 1 fully saturated rings. The monoisotopic (exact) mass is 250 g/mol. The lowest BCUT2D eigenvalue weighted by atomic mass is 10.1. The topological polar surface area (TPSA) is 50.2 Å². The van der Waals surface area contributed by atoms with Gasteiger partial charge in [-0.1, -0.05) is 6.92 Å². The Hall–Kier alpha value is -1.36. The number of nitrogens with zero attached hydrogens (tertiary/aromatic N) is 3. The third-order valence-corrected chi connectivity index (χ3v) is 3.51. The lowest BCUT2D eigenvalue weighted by Gasteiger charge is -2.32. The predicted molar refractivity (Wildman–Crippen MR) is 73.1 cm³/mol. The van der Waals surface area contributed by atoms with Gasteiger partial charge >= 0.3 is 0 Å². The van der Waals surface area contributed by atoms with Crippen molar-refractivity contribution in [2.45, 2.75) is 38.8 Å². The lowest BCUT2D eigenvalue weighted by molar-refractivity contribution is 0.441. The molecule has 5 nitrogen and oxygen atoms in total. The number of anilines is 1. The van der Waals surface area contributed by atoms with Crippen LogP contribution < -0.4 is 15.8 Å². The van der Waals surface area contributed by atoms with Crippen molar-refractivity contribution in [3.8, 4) is 0 Å². The highest BCUT2D eigenvalue weighted by Crippen LogP contribution is 2.12. The maximum atomic E-state index is 12.3. The van der Waals surface area contributed by atoms with Crippen molar-refractivity contribution in [1.82, 2.24) is 14.9 Å². The van der Waals surface area contributed by atoms with Crippen molar-refractivity contribution >= 4 is 5.82 Å². The third-order valence-electron chi connectivity index (χ3n) is 3.51. The Kier molecular flexibility index (Phi) is 4.36. The van der Waals surface area contributed by atoms with Crippen LogP contribution in [0.1, 0.15) is 26.2 Å². The number of hydrogen-bond donors (Lipinski definition) is 1. The molecule has 0 spiro atoms. The van der Waals surface area contributed by atoms with E-state index in [1.165, 1.54) is 0 Å². The molecule has 2 rings (SSSR count). The largest absolute Gasteiger partial charge is 0.351 e. The van der Waals surface area contributed by atoms with Crippen LogP contribution >= 0.6 is 0 Å². The van der Waals surface area contributed by atoms with E-state index in [4.69, 9.17) is 0 Å². The molecule has 0 aromatic carbocycles. The molecular formula is C13H22N4O. The van der Waals surface area contributed by atoms with E-state index in [1.807, 2.05) is 11.9 Å². The molecule has 0 radical (unpaired) electrons. The molecular weight excluding hydrogens is 228 g/mol. The molecule has 2 heterocycles. The molecule has 5 heteroatoms. The Bertz CT molecular complexity index is 437. The highest BCUT2D eigenvalue weighted by molar-refractivity contribution is 5.36. The summed E-state index contributed by atoms with van der Waals surface area (Å²) in [6, 6.07) is 0.372. The van der Waals surface area contributed by atoms with E-state index in [1.54, 1.807) is 17.0 Å². The van der Waals surface area contributed by atoms with Crippen LogP contribution in [0.25, 0.3) is 0 Å². The van der Waals surface area contributed by atoms with Gasteiger partial charge in [0.05, 0.1) is 0 Å². The van der Waals surface area contributed by atoms with Gasteiger partial charge in [-0.25, -0.2) is 4.98 Å². The number of likely N-dealkylation sites (N-methyl/N-ethyl adjacent to an activating group) is 1. The highest BCUT2D eigenvalue weighted by Gasteiger charge is 2.21. The second kappa shape index (κ2) is 6.00. The Labute approximate surface area is 108 Å². The highest BCUT2D eigenvalue weighted by atomic mass is 16.1. The molecule has 0 amide bonds. The van der Waals surface area contributed by atoms with E-state index >= 15 is 0 Å². The van der Waals surface area contributed by atoms with Crippen LogP contribution in [0.2, 0.25) is 0 Å². The number of aromatic nitrogens is 2. The van der Waals surface area contributed by atoms with Crippen LogP contribution in [0.3, 0.4) is 0 Å². The van der Waals surface area contributed by atoms with Crippen molar-refractivity contribution < 1.29 is 0 Å². The van der Waals surface area contributed by atoms with Gasteiger partial charge in [0.1, 0.15) is 0 Å². The summed E-state index contributed by atoms with van der Waals surface area (Å²) >= 11 is 0. The molecule has 100 valence electrons. The average Bonchev–Trinajstić information content (AvgIpc) is 2.42. The van der Waals surface area contributed by atoms with Gasteiger partial charge in [-0.3, -0.25) is 4.79 Å². The van der Waals surface area contributed by atoms with Crippen LogP contribution in [0, 0.1) is 0 Å². The number of hydrogen-bond acceptors (Lipinski definition) is 4. The van der Waals surface area contributed by atoms with Gasteiger partial charge in [-0.15, -0.1) is 0 Å². The summed E-state index contributed by atoms with van der Waals surface area (Å²) in [5.41, 5.74) is 0.0208. The predicted octanol–water partition coefficient (Wildman–Crippen LogP) is 0.841. The Morgan fingerprint density at radius 3 is 3.11 bits per heavy atom. The molecule has 1 aromatic rings. The first-order valence-electron chi connectivity index (χ1n) is 6.73. The molecule has 1 aliphatic rings. The van der Waals surface area contributed by atoms with Crippen LogP contribution in [0.5, 0.6) is 0 Å². The minimum atomic E-state index is 0.0208. The molecule has 1 saturated heterocycles. The summed E-state index contributed by atoms with van der Waals surface area (Å²) in [5, 5.41) is 3.37. The minimum Gasteiger partial charge on any atom is -0.351 e. The van der Waals surface area contributed by atoms with E-state index in [2.05, 4.69) is 17.2 Å². The fourth-order valence-electron chi connectivity index (χ4n) is 2.43. The molecule has 18 heavy (non-hydrogen) atoms. The number of aryl methyl sites for hydroxylation is 1. The Morgan fingerprint density at radius 2 is 2.44 bits per heavy atom. The van der Waals surface area contributed by atoms with Gasteiger partial charge < -0.3 is 14.8 Å². The van der Waals surface area contributed by atoms with Crippen molar-refractivity contribution in [2.75, 3.05) is 25.0 Å². The average molecular weight is 250 g/mol. The summed E-state index contributed by atoms with van der Waals surface area (Å²) in [6.45, 7) is 4.83. The molecule has 1 aliphatic heterocycles. The van der Waals surface area contributed by atoms with Gasteiger partial charge in [0.2, 0.25) is 0 Å². The first-order chi connectivity index (χ1) is 8.74. The Morgan fingerprint density at radius 1 is 1.61 bits per heavy atom. The van der Waals surface area contributed by atoms with Gasteiger partial charge in [-0.05, 0) is 25.8 Å². The summed E-state index contributed by atoms with van der Waals surface area (Å²) in [4.78, 5) is 18.6. The number of rotatable bonds is 4. The summed E-state index contributed by atoms with van der Waals surface area (Å²) in [5.74, 6) is 0.569. The quantitative estimate of drug-likeness (QED) is 0.860. The lowest BCUT2D eigenvalue weighted by Crippen LogP contribution is -2.46. The van der Waals surface area contributed by atoms with Crippen LogP contribution in [-0.4, -0.2) is 35.7 Å². The normalized spacial score (nSPS) is 19.8. The van der Waals surface area contributed by atoms with Gasteiger partial charge in [0.25, 0.3) is 5.56 Å². The standard InChI is InChI=1S/C13H22N4O/c1-3-8-17-9-7-15-12(13(17)18)16(2)11-5-4-6-14-10-11/h7,9,11,14H,3-6,8,10H2,1-2H3. The van der Waals surface area contributed by atoms with Crippen LogP contribution in [0.15, 0.2) is 17.2 Å². The van der Waals surface area contributed by atoms with Gasteiger partial charge in [0, 0.05) is 38.6 Å². The summed E-state index contributed by atoms with van der Waals surface area (Å²) in [6.07, 6.45) is 6.72. The number of nitrogens with one attached hydrogen (secondary N) is 1. The van der Waals surface area contributed by atoms with Gasteiger partial charge in [0.15, 0.2) is 5.82 Å². The molecule has 0 saturated carbocycles. The first kappa shape index (κ1) is 13.1. The maximum absolute atomic E-state index is 12.3. The van der Waals surface area contributed by atoms with Crippen LogP contribution in [0.4, 0.5) is 5.82 Å². The fourth-order valence-corrected chi connectivity index (χ4v) is 2.43. The van der Waals surface area contributed by atoms with E-state index < -0.39 is 0 Å². The second-order valence-corrected chi connectivity index (χ2v) is 4.86. The van der Waals surface area contributed by atoms with E-state index in [9.17, 15) is 4.79 Å². The fraction of sp³-hybridized carbons (Fsp3) is 0.692. The smallest absolute Gasteiger partial charge is 0.293 e. The van der Waals surface area contributed by atoms with E-state index in [-0.39, 0.29) is 5.56 Å². The molecule has 1 unspecified atom stereocenters. The van der Waals surface area contributed by atoms with Crippen molar-refractivity contribution in [3.05, 3.63) is 22.7 Å². The second-order valence-electron chi connectivity index (χ2n) is 4.86. The minimum absolute atomic E-state index is 0.0208. The molecule has 1 N–H and O–H groups in total. The molecule has 0 bridgehead atoms. The molecule has 1 aromatic heterocycles. The van der Waals surface area contributed by atoms with E-state index in [0.717, 1.165) is 38.9 Å². The van der Waals surface area contributed by atoms with E-state index in [0.29, 0.717) is 11.9 Å². The van der Waals surface area contributed by atoms with Gasteiger partial charge in [-0.2, -0.15) is 0 Å². The first-order valence-corrected chi connectivity index (χ1v) is 6.73. The van der Waals surface area contributed by atoms with Crippen LogP contribution in [-0.2, 0) is 6.54 Å². The third kappa shape index (κ3) is 2.72. The zero-order valence-corrected chi connectivity index (χ0v) is 11.2. The maximum Gasteiger partial charge on any atom is 0.293 e. The molecule has 0 aliphatic carbocycles. The summed E-state index contributed by atoms with van der Waals surface area (Å²) in [7, 11) is 1.97. The zero-order chi connectivity index (χ0) is 13.0. The van der Waals surface area contributed by atoms with Crippen molar-refractivity contribution in [2.24, 2.45) is 0 Å². The van der Waals surface area contributed by atoms with Crippen molar-refractivity contribution in [1.29, 1.82) is 0 Å². The molecule has 1 atom stereocenters. The zero-order valence-electron chi connectivity index (χ0n) is 11.2. The Balaban J connectivity index is 2.21. The van der Waals surface area contributed by atoms with Crippen molar-refractivity contribution in [3.63, 3.8) is 0 Å². The SMILES string of the molecule is CCCn1ccnc(N(C)C2CCCNC2)c1=O. The number of piperidine rings is 1. The summed E-state index contributed by atoms with van der Waals surface area (Å²) < 4.78 is 1.75.